The normalized spacial score (nSPS) is 15.6. The van der Waals surface area contributed by atoms with Crippen molar-refractivity contribution < 1.29 is 14.0 Å². The molecule has 0 aliphatic heterocycles. The molecule has 6 nitrogen and oxygen atoms in total. The van der Waals surface area contributed by atoms with E-state index in [2.05, 4.69) is 23.9 Å². The summed E-state index contributed by atoms with van der Waals surface area (Å²) < 4.78 is 11.0. The molecule has 0 heterocycles. The van der Waals surface area contributed by atoms with Crippen molar-refractivity contribution in [3.05, 3.63) is 44.3 Å². The Hall–Kier alpha value is -0.576. The molecule has 0 spiro atoms. The summed E-state index contributed by atoms with van der Waals surface area (Å²) in [4.78, 5) is 2.77. The maximum Gasteiger partial charge on any atom is 0.149 e. The molecule has 1 aromatic rings. The summed E-state index contributed by atoms with van der Waals surface area (Å²) >= 11 is 12.0. The summed E-state index contributed by atoms with van der Waals surface area (Å²) in [7, 11) is 1.21. The number of aliphatic hydroxyl groups is 1. The van der Waals surface area contributed by atoms with Crippen molar-refractivity contribution in [3.63, 3.8) is 0 Å². The molecule has 0 bridgehead atoms. The quantitative estimate of drug-likeness (QED) is 0.207. The molecule has 1 N–H and O–H groups in total. The molecular formula is C15H25Cl2N3O3Si2. The van der Waals surface area contributed by atoms with Crippen molar-refractivity contribution >= 4 is 44.2 Å². The molecule has 0 unspecified atom stereocenters. The Morgan fingerprint density at radius 2 is 1.88 bits per heavy atom. The van der Waals surface area contributed by atoms with Gasteiger partial charge >= 0.3 is 0 Å². The third-order valence-corrected chi connectivity index (χ3v) is 5.93. The van der Waals surface area contributed by atoms with E-state index in [0.29, 0.717) is 49.4 Å². The summed E-state index contributed by atoms with van der Waals surface area (Å²) in [6, 6.07) is 4.95. The fourth-order valence-electron chi connectivity index (χ4n) is 2.94. The van der Waals surface area contributed by atoms with Crippen LogP contribution in [0.15, 0.2) is 23.3 Å². The largest absolute Gasteiger partial charge is 0.404 e. The number of nitrogens with zero attached hydrogens (tertiary/aromatic N) is 3. The lowest BCUT2D eigenvalue weighted by Crippen LogP contribution is -2.35. The Labute approximate surface area is 164 Å². The fourth-order valence-corrected chi connectivity index (χ4v) is 5.28. The van der Waals surface area contributed by atoms with Crippen molar-refractivity contribution in [2.24, 2.45) is 10.5 Å². The highest BCUT2D eigenvalue weighted by molar-refractivity contribution is 6.42. The maximum atomic E-state index is 11.1. The predicted molar refractivity (Wildman–Crippen MR) is 108 cm³/mol. The van der Waals surface area contributed by atoms with E-state index in [0.717, 1.165) is 6.42 Å². The van der Waals surface area contributed by atoms with E-state index in [9.17, 15) is 5.11 Å². The van der Waals surface area contributed by atoms with Gasteiger partial charge in [-0.2, -0.15) is 0 Å². The van der Waals surface area contributed by atoms with Gasteiger partial charge in [-0.05, 0) is 42.5 Å². The third-order valence-electron chi connectivity index (χ3n) is 4.33. The fraction of sp³-hybridized carbons (Fsp3) is 0.600. The molecule has 0 aromatic heterocycles. The zero-order valence-corrected chi connectivity index (χ0v) is 20.5. The van der Waals surface area contributed by atoms with Gasteiger partial charge in [-0.3, -0.25) is 0 Å². The van der Waals surface area contributed by atoms with E-state index in [1.807, 2.05) is 0 Å². The molecule has 0 radical (unpaired) electrons. The second-order valence-electron chi connectivity index (χ2n) is 6.69. The Balaban J connectivity index is 2.92. The van der Waals surface area contributed by atoms with E-state index in [1.165, 1.54) is 0 Å². The van der Waals surface area contributed by atoms with Gasteiger partial charge < -0.3 is 14.0 Å². The van der Waals surface area contributed by atoms with Crippen LogP contribution in [0.25, 0.3) is 10.4 Å². The van der Waals surface area contributed by atoms with Crippen LogP contribution in [-0.2, 0) is 14.5 Å². The predicted octanol–water partition coefficient (Wildman–Crippen LogP) is 2.61. The Kier molecular flexibility index (Phi) is 8.93. The van der Waals surface area contributed by atoms with E-state index in [4.69, 9.17) is 37.6 Å². The number of hydrogen-bond donors (Lipinski definition) is 1. The van der Waals surface area contributed by atoms with Crippen LogP contribution < -0.4 is 0 Å². The molecule has 10 heteroatoms. The van der Waals surface area contributed by atoms with Crippen LogP contribution in [0.4, 0.5) is 0 Å². The summed E-state index contributed by atoms with van der Waals surface area (Å²) in [5, 5.41) is 15.4. The molecule has 0 saturated heterocycles. The minimum Gasteiger partial charge on any atom is -0.404 e. The van der Waals surface area contributed by atoms with Crippen molar-refractivity contribution in [2.45, 2.75) is 45.0 Å². The summed E-state index contributed by atoms with van der Waals surface area (Å²) in [5.41, 5.74) is 7.76. The van der Waals surface area contributed by atoms with E-state index < -0.39 is 5.60 Å². The average molecular weight is 422 g/mol. The average Bonchev–Trinajstić information content (AvgIpc) is 2.56. The molecule has 0 aliphatic rings. The molecule has 0 aliphatic carbocycles. The van der Waals surface area contributed by atoms with E-state index in [1.54, 1.807) is 18.2 Å². The van der Waals surface area contributed by atoms with Crippen LogP contribution in [0.3, 0.4) is 0 Å². The van der Waals surface area contributed by atoms with Crippen molar-refractivity contribution in [1.29, 1.82) is 0 Å². The first-order valence-electron chi connectivity index (χ1n) is 7.94. The number of benzene rings is 1. The Bertz CT molecular complexity index is 626. The van der Waals surface area contributed by atoms with Crippen molar-refractivity contribution in [1.82, 2.24) is 0 Å². The molecule has 1 atom stereocenters. The molecule has 0 saturated carbocycles. The smallest absolute Gasteiger partial charge is 0.149 e. The molecule has 25 heavy (non-hydrogen) atoms. The first kappa shape index (κ1) is 22.5. The molecule has 0 amide bonds. The minimum absolute atomic E-state index is 0.0697. The zero-order valence-electron chi connectivity index (χ0n) is 15.0. The van der Waals surface area contributed by atoms with E-state index >= 15 is 0 Å². The highest BCUT2D eigenvalue weighted by Crippen LogP contribution is 2.36. The van der Waals surface area contributed by atoms with Gasteiger partial charge in [0.1, 0.15) is 27.3 Å². The molecular weight excluding hydrogens is 397 g/mol. The number of rotatable bonds is 10. The van der Waals surface area contributed by atoms with Gasteiger partial charge in [0.25, 0.3) is 0 Å². The molecule has 1 aromatic carbocycles. The summed E-state index contributed by atoms with van der Waals surface area (Å²) in [6.45, 7) is 4.10. The van der Waals surface area contributed by atoms with Crippen molar-refractivity contribution in [2.75, 3.05) is 6.54 Å². The van der Waals surface area contributed by atoms with Crippen molar-refractivity contribution in [3.8, 4) is 0 Å². The zero-order chi connectivity index (χ0) is 19.1. The topological polar surface area (TPSA) is 87.5 Å². The number of halogens is 2. The summed E-state index contributed by atoms with van der Waals surface area (Å²) in [5.74, 6) is 0. The van der Waals surface area contributed by atoms with Gasteiger partial charge in [-0.15, -0.1) is 0 Å². The lowest BCUT2D eigenvalue weighted by Gasteiger charge is -2.34. The standard InChI is InChI=1S/C15H25Cl2N3O3Si2/c1-14(2,13(22-24)23-25)6-3-7-15(21,9-19-20-18)10-4-5-11(16)12(17)8-10/h4-5,8,13,21H,3,6-7,9H2,1-2,24-25H3/t15-/m0/s1. The SMILES string of the molecule is CC(C)(CCC[C@](O)(CN=[N+]=[N-])c1ccc(Cl)c(Cl)c1)C(O[SiH3])O[SiH3]. The maximum absolute atomic E-state index is 11.1. The van der Waals surface area contributed by atoms with Gasteiger partial charge in [0.05, 0.1) is 22.2 Å². The van der Waals surface area contributed by atoms with Crippen LogP contribution in [0.2, 0.25) is 10.0 Å². The lowest BCUT2D eigenvalue weighted by molar-refractivity contribution is -0.0796. The van der Waals surface area contributed by atoms with E-state index in [-0.39, 0.29) is 18.2 Å². The first-order valence-corrected chi connectivity index (χ1v) is 10.3. The van der Waals surface area contributed by atoms with Crippen LogP contribution in [0, 0.1) is 5.41 Å². The van der Waals surface area contributed by atoms with Gasteiger partial charge in [0, 0.05) is 10.3 Å². The van der Waals surface area contributed by atoms with Crippen LogP contribution in [-0.4, -0.2) is 38.9 Å². The number of hydrogen-bond acceptors (Lipinski definition) is 4. The minimum atomic E-state index is -1.30. The van der Waals surface area contributed by atoms with Gasteiger partial charge in [0.15, 0.2) is 0 Å². The van der Waals surface area contributed by atoms with Gasteiger partial charge in [-0.1, -0.05) is 48.2 Å². The highest BCUT2D eigenvalue weighted by atomic mass is 35.5. The first-order chi connectivity index (χ1) is 11.7. The number of azide groups is 1. The lowest BCUT2D eigenvalue weighted by atomic mass is 9.82. The molecule has 0 fully saturated rings. The van der Waals surface area contributed by atoms with Gasteiger partial charge in [-0.25, -0.2) is 0 Å². The van der Waals surface area contributed by atoms with Gasteiger partial charge in [0.2, 0.25) is 0 Å². The summed E-state index contributed by atoms with van der Waals surface area (Å²) in [6.07, 6.45) is 1.70. The third kappa shape index (κ3) is 6.27. The Morgan fingerprint density at radius 3 is 2.40 bits per heavy atom. The Morgan fingerprint density at radius 1 is 1.24 bits per heavy atom. The van der Waals surface area contributed by atoms with Crippen LogP contribution in [0.1, 0.15) is 38.7 Å². The van der Waals surface area contributed by atoms with Crippen LogP contribution >= 0.6 is 23.2 Å². The molecule has 1 rings (SSSR count). The second kappa shape index (κ2) is 9.94. The monoisotopic (exact) mass is 421 g/mol. The van der Waals surface area contributed by atoms with Crippen LogP contribution in [0.5, 0.6) is 0 Å². The second-order valence-corrected chi connectivity index (χ2v) is 8.45. The molecule has 140 valence electrons. The highest BCUT2D eigenvalue weighted by Gasteiger charge is 2.32.